The lowest BCUT2D eigenvalue weighted by Gasteiger charge is -2.36. The van der Waals surface area contributed by atoms with E-state index in [0.29, 0.717) is 90.4 Å². The molecule has 0 aromatic rings. The average Bonchev–Trinajstić information content (AvgIpc) is 2.94. The van der Waals surface area contributed by atoms with Crippen LogP contribution in [0.1, 0.15) is 119 Å². The third-order valence-corrected chi connectivity index (χ3v) is 13.6. The van der Waals surface area contributed by atoms with E-state index in [1.54, 1.807) is 0 Å². The summed E-state index contributed by atoms with van der Waals surface area (Å²) in [7, 11) is -5.71. The topological polar surface area (TPSA) is 160 Å². The van der Waals surface area contributed by atoms with E-state index in [2.05, 4.69) is 0 Å². The fraction of sp³-hybridized carbons (Fsp3) is 0.933. The summed E-state index contributed by atoms with van der Waals surface area (Å²) in [6.07, 6.45) is 8.74. The Hall–Kier alpha value is -1.27. The van der Waals surface area contributed by atoms with Gasteiger partial charge in [-0.25, -0.2) is 9.59 Å². The molecule has 0 saturated heterocycles. The fourth-order valence-corrected chi connectivity index (χ4v) is 10.8. The third kappa shape index (κ3) is 19.3. The molecule has 14 heteroatoms. The fourth-order valence-electron chi connectivity index (χ4n) is 5.60. The molecule has 0 atom stereocenters. The summed E-state index contributed by atoms with van der Waals surface area (Å²) >= 11 is 0. The molecule has 0 fully saturated rings. The Labute approximate surface area is 269 Å². The van der Waals surface area contributed by atoms with E-state index in [1.165, 1.54) is 0 Å². The number of primary amides is 2. The number of hydrogen-bond donors (Lipinski definition) is 2. The molecule has 0 bridgehead atoms. The molecule has 0 aliphatic rings. The van der Waals surface area contributed by atoms with Crippen molar-refractivity contribution in [3.05, 3.63) is 0 Å². The van der Waals surface area contributed by atoms with Gasteiger partial charge >= 0.3 is 29.8 Å². The maximum Gasteiger partial charge on any atom is 0.500 e. The highest BCUT2D eigenvalue weighted by molar-refractivity contribution is 6.61. The monoisotopic (exact) mass is 668 g/mol. The molecule has 12 nitrogen and oxygen atoms in total. The molecule has 0 spiro atoms. The van der Waals surface area contributed by atoms with Gasteiger partial charge in [-0.15, -0.1) is 0 Å². The summed E-state index contributed by atoms with van der Waals surface area (Å²) in [5, 5.41) is 0. The van der Waals surface area contributed by atoms with Gasteiger partial charge in [0.15, 0.2) is 0 Å². The molecule has 262 valence electrons. The smallest absolute Gasteiger partial charge is 0.450 e. The van der Waals surface area contributed by atoms with Crippen LogP contribution in [0.15, 0.2) is 0 Å². The lowest BCUT2D eigenvalue weighted by molar-refractivity contribution is -0.00979. The van der Waals surface area contributed by atoms with Crippen LogP contribution in [0.5, 0.6) is 0 Å². The number of hydrogen-bond acceptors (Lipinski definition) is 10. The van der Waals surface area contributed by atoms with Gasteiger partial charge in [-0.3, -0.25) is 0 Å². The van der Waals surface area contributed by atoms with Gasteiger partial charge in [-0.2, -0.15) is 0 Å². The molecule has 2 amide bonds. The van der Waals surface area contributed by atoms with E-state index in [9.17, 15) is 9.59 Å². The predicted molar refractivity (Wildman–Crippen MR) is 175 cm³/mol. The lowest BCUT2D eigenvalue weighted by atomic mass is 9.86. The van der Waals surface area contributed by atoms with Gasteiger partial charge in [0, 0.05) is 51.7 Å². The van der Waals surface area contributed by atoms with E-state index >= 15 is 0 Å². The van der Waals surface area contributed by atoms with Crippen LogP contribution >= 0.6 is 0 Å². The average molecular weight is 669 g/mol. The van der Waals surface area contributed by atoms with Gasteiger partial charge in [0.2, 0.25) is 0 Å². The van der Waals surface area contributed by atoms with Crippen molar-refractivity contribution in [1.29, 1.82) is 0 Å². The molecule has 0 saturated carbocycles. The van der Waals surface area contributed by atoms with Crippen LogP contribution in [0.4, 0.5) is 9.59 Å². The summed E-state index contributed by atoms with van der Waals surface area (Å²) in [5.74, 6) is 0. The molecule has 0 radical (unpaired) electrons. The number of nitrogens with two attached hydrogens (primary N) is 2. The standard InChI is InChI=1S/C30H64N2O10Si2/c1-7-36-43(37-8-2,38-9-3)26-20-23-30(42-29(32)34,22-18-16-14-13-15-17-19-25-35-28(31)33)24-21-27-44(39-10-4,40-11-5)41-12-6/h7-27H2,1-6H3,(H2,31,33)(H2,32,34). The van der Waals surface area contributed by atoms with Gasteiger partial charge in [-0.1, -0.05) is 32.1 Å². The summed E-state index contributed by atoms with van der Waals surface area (Å²) in [4.78, 5) is 23.0. The van der Waals surface area contributed by atoms with Crippen LogP contribution < -0.4 is 11.5 Å². The summed E-state index contributed by atoms with van der Waals surface area (Å²) in [5.41, 5.74) is 9.94. The minimum Gasteiger partial charge on any atom is -0.450 e. The van der Waals surface area contributed by atoms with Crippen LogP contribution in [0.3, 0.4) is 0 Å². The number of amides is 2. The maximum absolute atomic E-state index is 12.3. The van der Waals surface area contributed by atoms with Crippen molar-refractivity contribution in [1.82, 2.24) is 0 Å². The third-order valence-electron chi connectivity index (χ3n) is 7.25. The Kier molecular flexibility index (Phi) is 25.1. The van der Waals surface area contributed by atoms with Crippen molar-refractivity contribution >= 4 is 29.8 Å². The Balaban J connectivity index is 5.58. The predicted octanol–water partition coefficient (Wildman–Crippen LogP) is 6.69. The zero-order valence-corrected chi connectivity index (χ0v) is 30.6. The number of carbonyl (C=O) groups excluding carboxylic acids is 2. The van der Waals surface area contributed by atoms with E-state index < -0.39 is 35.4 Å². The minimum absolute atomic E-state index is 0.363. The second kappa shape index (κ2) is 25.9. The molecule has 0 aromatic carbocycles. The first-order valence-electron chi connectivity index (χ1n) is 16.9. The van der Waals surface area contributed by atoms with Crippen molar-refractivity contribution < 1.29 is 45.6 Å². The number of rotatable bonds is 31. The van der Waals surface area contributed by atoms with Crippen molar-refractivity contribution in [2.45, 2.75) is 136 Å². The normalized spacial score (nSPS) is 12.4. The highest BCUT2D eigenvalue weighted by Gasteiger charge is 2.44. The molecule has 0 aromatic heterocycles. The van der Waals surface area contributed by atoms with Crippen LogP contribution in [-0.2, 0) is 36.0 Å². The SMILES string of the molecule is CCO[Si](CCCC(CCCCCCCCCOC(N)=O)(CCC[Si](OCC)(OCC)OCC)OC(N)=O)(OCC)OCC. The van der Waals surface area contributed by atoms with E-state index in [4.69, 9.17) is 47.5 Å². The van der Waals surface area contributed by atoms with Crippen molar-refractivity contribution in [3.63, 3.8) is 0 Å². The van der Waals surface area contributed by atoms with Crippen molar-refractivity contribution in [3.8, 4) is 0 Å². The lowest BCUT2D eigenvalue weighted by Crippen LogP contribution is -2.47. The molecular formula is C30H64N2O10Si2. The Morgan fingerprint density at radius 3 is 1.18 bits per heavy atom. The zero-order valence-electron chi connectivity index (χ0n) is 28.6. The van der Waals surface area contributed by atoms with Gasteiger partial charge < -0.3 is 47.5 Å². The van der Waals surface area contributed by atoms with E-state index in [-0.39, 0.29) is 0 Å². The quantitative estimate of drug-likeness (QED) is 0.0601. The van der Waals surface area contributed by atoms with Crippen molar-refractivity contribution in [2.75, 3.05) is 46.2 Å². The second-order valence-corrected chi connectivity index (χ2v) is 16.1. The Morgan fingerprint density at radius 2 is 0.841 bits per heavy atom. The number of unbranched alkanes of at least 4 members (excludes halogenated alkanes) is 6. The van der Waals surface area contributed by atoms with Crippen molar-refractivity contribution in [2.24, 2.45) is 11.5 Å². The molecule has 0 rings (SSSR count). The second-order valence-electron chi connectivity index (χ2n) is 10.7. The van der Waals surface area contributed by atoms with Gasteiger partial charge in [0.25, 0.3) is 0 Å². The first-order valence-corrected chi connectivity index (χ1v) is 20.7. The van der Waals surface area contributed by atoms with Crippen LogP contribution in [0, 0.1) is 0 Å². The highest BCUT2D eigenvalue weighted by Crippen LogP contribution is 2.35. The minimum atomic E-state index is -2.86. The van der Waals surface area contributed by atoms with Gasteiger partial charge in [0.05, 0.1) is 6.61 Å². The first-order chi connectivity index (χ1) is 21.1. The number of carbonyl (C=O) groups is 2. The number of ether oxygens (including phenoxy) is 2. The largest absolute Gasteiger partial charge is 0.500 e. The van der Waals surface area contributed by atoms with Gasteiger partial charge in [-0.05, 0) is 86.5 Å². The van der Waals surface area contributed by atoms with Gasteiger partial charge in [0.1, 0.15) is 5.60 Å². The molecule has 0 aliphatic heterocycles. The molecule has 44 heavy (non-hydrogen) atoms. The molecule has 0 heterocycles. The Bertz CT molecular complexity index is 670. The first kappa shape index (κ1) is 42.7. The molecule has 0 aliphatic carbocycles. The summed E-state index contributed by atoms with van der Waals surface area (Å²) in [6.45, 7) is 15.1. The van der Waals surface area contributed by atoms with Crippen LogP contribution in [0.25, 0.3) is 0 Å². The summed E-state index contributed by atoms with van der Waals surface area (Å²) in [6, 6.07) is 1.25. The maximum atomic E-state index is 12.3. The zero-order chi connectivity index (χ0) is 33.2. The molecular weight excluding hydrogens is 605 g/mol. The highest BCUT2D eigenvalue weighted by atomic mass is 28.4. The Morgan fingerprint density at radius 1 is 0.500 bits per heavy atom. The van der Waals surface area contributed by atoms with E-state index in [1.807, 2.05) is 41.5 Å². The van der Waals surface area contributed by atoms with E-state index in [0.717, 1.165) is 44.9 Å². The molecule has 0 unspecified atom stereocenters. The van der Waals surface area contributed by atoms with Crippen LogP contribution in [-0.4, -0.2) is 81.6 Å². The molecule has 4 N–H and O–H groups in total. The summed E-state index contributed by atoms with van der Waals surface area (Å²) < 4.78 is 47.2. The van der Waals surface area contributed by atoms with Crippen LogP contribution in [0.2, 0.25) is 12.1 Å².